The predicted octanol–water partition coefficient (Wildman–Crippen LogP) is 2.79. The fourth-order valence-corrected chi connectivity index (χ4v) is 2.20. The molecule has 2 heterocycles. The number of hydrogen-bond acceptors (Lipinski definition) is 3. The summed E-state index contributed by atoms with van der Waals surface area (Å²) in [6.07, 6.45) is 1.70. The van der Waals surface area contributed by atoms with Crippen LogP contribution in [0, 0.1) is 0 Å². The molecular weight excluding hydrogens is 278 g/mol. The highest BCUT2D eigenvalue weighted by Gasteiger charge is 2.16. The van der Waals surface area contributed by atoms with Crippen LogP contribution in [0.25, 0.3) is 22.6 Å². The second-order valence-corrected chi connectivity index (χ2v) is 4.58. The lowest BCUT2D eigenvalue weighted by atomic mass is 10.1. The van der Waals surface area contributed by atoms with Crippen molar-refractivity contribution in [2.24, 2.45) is 0 Å². The molecular formula is C14H10ClN3O2. The summed E-state index contributed by atoms with van der Waals surface area (Å²) in [4.78, 5) is 21.7. The van der Waals surface area contributed by atoms with Gasteiger partial charge in [0, 0.05) is 16.8 Å². The second-order valence-electron chi connectivity index (χ2n) is 4.18. The lowest BCUT2D eigenvalue weighted by molar-refractivity contribution is 0.454. The van der Waals surface area contributed by atoms with Gasteiger partial charge in [-0.05, 0) is 18.2 Å². The average Bonchev–Trinajstić information content (AvgIpc) is 2.94. The quantitative estimate of drug-likeness (QED) is 0.678. The number of halogens is 1. The van der Waals surface area contributed by atoms with E-state index in [-0.39, 0.29) is 17.3 Å². The average molecular weight is 288 g/mol. The Bertz CT molecular complexity index is 810. The third-order valence-electron chi connectivity index (χ3n) is 2.90. The van der Waals surface area contributed by atoms with Crippen molar-refractivity contribution in [1.82, 2.24) is 15.0 Å². The first kappa shape index (κ1) is 12.5. The monoisotopic (exact) mass is 287 g/mol. The van der Waals surface area contributed by atoms with Crippen molar-refractivity contribution < 1.29 is 5.11 Å². The summed E-state index contributed by atoms with van der Waals surface area (Å²) < 4.78 is 0. The van der Waals surface area contributed by atoms with Gasteiger partial charge in [-0.2, -0.15) is 4.98 Å². The van der Waals surface area contributed by atoms with Crippen molar-refractivity contribution in [2.75, 3.05) is 0 Å². The van der Waals surface area contributed by atoms with E-state index in [1.165, 1.54) is 0 Å². The highest BCUT2D eigenvalue weighted by Crippen LogP contribution is 2.30. The Balaban J connectivity index is 2.20. The zero-order valence-electron chi connectivity index (χ0n) is 10.2. The Morgan fingerprint density at radius 1 is 1.15 bits per heavy atom. The standard InChI is InChI=1S/C14H10ClN3O2/c15-9-5-2-1-4-8(9)11-13(19)17-12(18-14(11)20)10-6-3-7-16-10/h1-7,16H,(H2,17,18,19,20). The summed E-state index contributed by atoms with van der Waals surface area (Å²) in [5.74, 6) is -0.0836. The van der Waals surface area contributed by atoms with Gasteiger partial charge < -0.3 is 15.1 Å². The zero-order chi connectivity index (χ0) is 14.1. The molecule has 0 spiro atoms. The van der Waals surface area contributed by atoms with E-state index in [0.29, 0.717) is 16.3 Å². The lowest BCUT2D eigenvalue weighted by Gasteiger charge is -2.06. The van der Waals surface area contributed by atoms with Crippen molar-refractivity contribution in [2.45, 2.75) is 0 Å². The first-order valence-electron chi connectivity index (χ1n) is 5.89. The molecule has 3 rings (SSSR count). The molecule has 2 aromatic heterocycles. The molecule has 0 bridgehead atoms. The molecule has 0 saturated carbocycles. The van der Waals surface area contributed by atoms with Gasteiger partial charge in [0.2, 0.25) is 5.88 Å². The highest BCUT2D eigenvalue weighted by molar-refractivity contribution is 6.33. The van der Waals surface area contributed by atoms with Crippen LogP contribution in [0.15, 0.2) is 47.4 Å². The van der Waals surface area contributed by atoms with E-state index < -0.39 is 5.56 Å². The minimum atomic E-state index is -0.449. The largest absolute Gasteiger partial charge is 0.493 e. The smallest absolute Gasteiger partial charge is 0.263 e. The Kier molecular flexibility index (Phi) is 3.04. The summed E-state index contributed by atoms with van der Waals surface area (Å²) in [5.41, 5.74) is 0.669. The topological polar surface area (TPSA) is 81.8 Å². The molecule has 0 saturated heterocycles. The van der Waals surface area contributed by atoms with Gasteiger partial charge in [0.25, 0.3) is 5.56 Å². The van der Waals surface area contributed by atoms with Gasteiger partial charge in [-0.3, -0.25) is 4.79 Å². The molecule has 6 heteroatoms. The van der Waals surface area contributed by atoms with E-state index in [1.807, 2.05) is 0 Å². The molecule has 0 aliphatic carbocycles. The van der Waals surface area contributed by atoms with E-state index in [9.17, 15) is 9.90 Å². The number of nitrogens with one attached hydrogen (secondary N) is 2. The Hall–Kier alpha value is -2.53. The maximum atomic E-state index is 12.2. The summed E-state index contributed by atoms with van der Waals surface area (Å²) >= 11 is 6.04. The molecule has 0 atom stereocenters. The number of aromatic nitrogens is 3. The third kappa shape index (κ3) is 2.08. The van der Waals surface area contributed by atoms with Crippen LogP contribution in [0.3, 0.4) is 0 Å². The number of nitrogens with zero attached hydrogens (tertiary/aromatic N) is 1. The summed E-state index contributed by atoms with van der Waals surface area (Å²) in [6.45, 7) is 0. The Morgan fingerprint density at radius 2 is 1.95 bits per heavy atom. The van der Waals surface area contributed by atoms with Crippen LogP contribution < -0.4 is 5.56 Å². The number of aromatic amines is 2. The van der Waals surface area contributed by atoms with Crippen LogP contribution in [-0.4, -0.2) is 20.1 Å². The molecule has 0 amide bonds. The lowest BCUT2D eigenvalue weighted by Crippen LogP contribution is -2.12. The van der Waals surface area contributed by atoms with Gasteiger partial charge >= 0.3 is 0 Å². The molecule has 0 aliphatic heterocycles. The minimum absolute atomic E-state index is 0.0610. The van der Waals surface area contributed by atoms with Crippen molar-refractivity contribution in [3.63, 3.8) is 0 Å². The maximum Gasteiger partial charge on any atom is 0.263 e. The van der Waals surface area contributed by atoms with Crippen molar-refractivity contribution in [1.29, 1.82) is 0 Å². The van der Waals surface area contributed by atoms with Crippen LogP contribution in [0.4, 0.5) is 0 Å². The van der Waals surface area contributed by atoms with E-state index in [4.69, 9.17) is 11.6 Å². The fraction of sp³-hybridized carbons (Fsp3) is 0. The van der Waals surface area contributed by atoms with Gasteiger partial charge in [-0.15, -0.1) is 0 Å². The SMILES string of the molecule is O=c1[nH]c(-c2ccc[nH]2)nc(O)c1-c1ccccc1Cl. The van der Waals surface area contributed by atoms with Crippen molar-refractivity contribution in [3.8, 4) is 28.5 Å². The molecule has 100 valence electrons. The summed E-state index contributed by atoms with van der Waals surface area (Å²) in [5, 5.41) is 10.4. The molecule has 0 unspecified atom stereocenters. The van der Waals surface area contributed by atoms with Gasteiger partial charge in [0.15, 0.2) is 5.82 Å². The van der Waals surface area contributed by atoms with Crippen LogP contribution in [-0.2, 0) is 0 Å². The molecule has 3 N–H and O–H groups in total. The molecule has 20 heavy (non-hydrogen) atoms. The van der Waals surface area contributed by atoms with Crippen molar-refractivity contribution in [3.05, 3.63) is 58.0 Å². The van der Waals surface area contributed by atoms with E-state index in [2.05, 4.69) is 15.0 Å². The Morgan fingerprint density at radius 3 is 2.60 bits per heavy atom. The highest BCUT2D eigenvalue weighted by atomic mass is 35.5. The van der Waals surface area contributed by atoms with Crippen LogP contribution in [0.2, 0.25) is 5.02 Å². The second kappa shape index (κ2) is 4.86. The molecule has 1 aromatic carbocycles. The number of hydrogen-bond donors (Lipinski definition) is 3. The van der Waals surface area contributed by atoms with Crippen LogP contribution in [0.1, 0.15) is 0 Å². The predicted molar refractivity (Wildman–Crippen MR) is 76.8 cm³/mol. The van der Waals surface area contributed by atoms with Gasteiger partial charge in [0.05, 0.1) is 5.69 Å². The van der Waals surface area contributed by atoms with Crippen LogP contribution in [0.5, 0.6) is 5.88 Å². The first-order chi connectivity index (χ1) is 9.66. The van der Waals surface area contributed by atoms with Gasteiger partial charge in [-0.25, -0.2) is 0 Å². The van der Waals surface area contributed by atoms with Crippen LogP contribution >= 0.6 is 11.6 Å². The first-order valence-corrected chi connectivity index (χ1v) is 6.26. The molecule has 3 aromatic rings. The number of benzene rings is 1. The van der Waals surface area contributed by atoms with Gasteiger partial charge in [-0.1, -0.05) is 29.8 Å². The van der Waals surface area contributed by atoms with Crippen molar-refractivity contribution >= 4 is 11.6 Å². The van der Waals surface area contributed by atoms with E-state index >= 15 is 0 Å². The third-order valence-corrected chi connectivity index (χ3v) is 3.23. The summed E-state index contributed by atoms with van der Waals surface area (Å²) in [7, 11) is 0. The number of rotatable bonds is 2. The summed E-state index contributed by atoms with van der Waals surface area (Å²) in [6, 6.07) is 10.3. The fourth-order valence-electron chi connectivity index (χ4n) is 1.97. The van der Waals surface area contributed by atoms with E-state index in [1.54, 1.807) is 42.6 Å². The number of H-pyrrole nitrogens is 2. The number of aromatic hydroxyl groups is 1. The molecule has 0 radical (unpaired) electrons. The normalized spacial score (nSPS) is 10.7. The molecule has 5 nitrogen and oxygen atoms in total. The van der Waals surface area contributed by atoms with E-state index in [0.717, 1.165) is 0 Å². The minimum Gasteiger partial charge on any atom is -0.493 e. The van der Waals surface area contributed by atoms with Gasteiger partial charge in [0.1, 0.15) is 5.56 Å². The maximum absolute atomic E-state index is 12.2. The Labute approximate surface area is 118 Å². The molecule has 0 aliphatic rings. The molecule has 0 fully saturated rings. The zero-order valence-corrected chi connectivity index (χ0v) is 11.0.